The number of carbonyl (C=O) groups is 1. The Morgan fingerprint density at radius 1 is 1.14 bits per heavy atom. The molecule has 0 aliphatic heterocycles. The fourth-order valence-corrected chi connectivity index (χ4v) is 2.62. The van der Waals surface area contributed by atoms with Gasteiger partial charge in [0.2, 0.25) is 0 Å². The summed E-state index contributed by atoms with van der Waals surface area (Å²) in [6, 6.07) is 13.0. The number of Topliss-reactive ketones (excluding diaryl/α,β-unsaturated/α-hetero) is 1. The zero-order chi connectivity index (χ0) is 15.2. The first-order valence-electron chi connectivity index (χ1n) is 6.72. The van der Waals surface area contributed by atoms with E-state index in [1.807, 2.05) is 43.3 Å². The van der Waals surface area contributed by atoms with Crippen LogP contribution in [-0.4, -0.2) is 19.5 Å². The van der Waals surface area contributed by atoms with Crippen molar-refractivity contribution < 1.29 is 14.3 Å². The number of ether oxygens (including phenoxy) is 2. The normalized spacial score (nSPS) is 10.2. The van der Waals surface area contributed by atoms with Crippen molar-refractivity contribution >= 4 is 21.7 Å². The molecule has 21 heavy (non-hydrogen) atoms. The van der Waals surface area contributed by atoms with E-state index < -0.39 is 0 Å². The second-order valence-corrected chi connectivity index (χ2v) is 5.38. The Kier molecular flexibility index (Phi) is 5.39. The largest absolute Gasteiger partial charge is 0.497 e. The van der Waals surface area contributed by atoms with Crippen LogP contribution in [0.1, 0.15) is 22.8 Å². The minimum absolute atomic E-state index is 0.0539. The van der Waals surface area contributed by atoms with E-state index in [1.165, 1.54) is 0 Å². The molecule has 0 aliphatic carbocycles. The summed E-state index contributed by atoms with van der Waals surface area (Å²) in [5.41, 5.74) is 1.58. The average Bonchev–Trinajstić information content (AvgIpc) is 2.47. The zero-order valence-electron chi connectivity index (χ0n) is 12.1. The fourth-order valence-electron chi connectivity index (χ4n) is 2.04. The molecule has 0 aromatic heterocycles. The zero-order valence-corrected chi connectivity index (χ0v) is 13.6. The van der Waals surface area contributed by atoms with E-state index in [0.717, 1.165) is 21.5 Å². The Balaban J connectivity index is 2.16. The van der Waals surface area contributed by atoms with Crippen LogP contribution in [0.15, 0.2) is 46.9 Å². The molecule has 110 valence electrons. The van der Waals surface area contributed by atoms with E-state index >= 15 is 0 Å². The summed E-state index contributed by atoms with van der Waals surface area (Å²) in [7, 11) is 1.62. The van der Waals surface area contributed by atoms with Gasteiger partial charge < -0.3 is 9.47 Å². The predicted molar refractivity (Wildman–Crippen MR) is 86.3 cm³/mol. The van der Waals surface area contributed by atoms with Crippen molar-refractivity contribution in [1.82, 2.24) is 0 Å². The standard InChI is InChI=1S/C17H17BrO3/c1-3-21-14-7-8-15(16(18)11-14)17(19)10-12-5-4-6-13(9-12)20-2/h4-9,11H,3,10H2,1-2H3. The van der Waals surface area contributed by atoms with E-state index in [1.54, 1.807) is 13.2 Å². The van der Waals surface area contributed by atoms with Crippen LogP contribution in [-0.2, 0) is 6.42 Å². The van der Waals surface area contributed by atoms with Crippen molar-refractivity contribution in [1.29, 1.82) is 0 Å². The first kappa shape index (κ1) is 15.6. The summed E-state index contributed by atoms with van der Waals surface area (Å²) < 4.78 is 11.3. The molecule has 4 heteroatoms. The number of halogens is 1. The summed E-state index contributed by atoms with van der Waals surface area (Å²) in [5.74, 6) is 1.56. The molecule has 2 aromatic carbocycles. The maximum atomic E-state index is 12.4. The van der Waals surface area contributed by atoms with Crippen LogP contribution in [0, 0.1) is 0 Å². The molecule has 0 heterocycles. The van der Waals surface area contributed by atoms with Gasteiger partial charge in [-0.15, -0.1) is 0 Å². The van der Waals surface area contributed by atoms with Crippen molar-refractivity contribution in [3.63, 3.8) is 0 Å². The summed E-state index contributed by atoms with van der Waals surface area (Å²) in [6.45, 7) is 2.53. The van der Waals surface area contributed by atoms with Gasteiger partial charge in [0.15, 0.2) is 5.78 Å². The Morgan fingerprint density at radius 2 is 1.95 bits per heavy atom. The van der Waals surface area contributed by atoms with Crippen molar-refractivity contribution in [3.05, 3.63) is 58.1 Å². The fraction of sp³-hybridized carbons (Fsp3) is 0.235. The van der Waals surface area contributed by atoms with Gasteiger partial charge in [-0.1, -0.05) is 12.1 Å². The van der Waals surface area contributed by atoms with Crippen LogP contribution in [0.25, 0.3) is 0 Å². The van der Waals surface area contributed by atoms with Crippen LogP contribution in [0.3, 0.4) is 0 Å². The van der Waals surface area contributed by atoms with Crippen LogP contribution < -0.4 is 9.47 Å². The molecule has 2 rings (SSSR count). The van der Waals surface area contributed by atoms with Gasteiger partial charge in [-0.05, 0) is 58.7 Å². The lowest BCUT2D eigenvalue weighted by molar-refractivity contribution is 0.0992. The molecule has 2 aromatic rings. The molecule has 0 atom stereocenters. The number of methoxy groups -OCH3 is 1. The third-order valence-corrected chi connectivity index (χ3v) is 3.71. The van der Waals surface area contributed by atoms with Gasteiger partial charge in [-0.2, -0.15) is 0 Å². The molecule has 0 radical (unpaired) electrons. The van der Waals surface area contributed by atoms with Crippen LogP contribution in [0.4, 0.5) is 0 Å². The molecule has 0 N–H and O–H groups in total. The van der Waals surface area contributed by atoms with Crippen molar-refractivity contribution in [2.75, 3.05) is 13.7 Å². The number of carbonyl (C=O) groups excluding carboxylic acids is 1. The van der Waals surface area contributed by atoms with Gasteiger partial charge in [0.05, 0.1) is 13.7 Å². The van der Waals surface area contributed by atoms with Gasteiger partial charge >= 0.3 is 0 Å². The Bertz CT molecular complexity index is 638. The molecule has 0 unspecified atom stereocenters. The number of hydrogen-bond donors (Lipinski definition) is 0. The second-order valence-electron chi connectivity index (χ2n) is 4.53. The minimum Gasteiger partial charge on any atom is -0.497 e. The highest BCUT2D eigenvalue weighted by Gasteiger charge is 2.12. The maximum absolute atomic E-state index is 12.4. The number of ketones is 1. The molecular weight excluding hydrogens is 332 g/mol. The smallest absolute Gasteiger partial charge is 0.168 e. The first-order chi connectivity index (χ1) is 10.1. The maximum Gasteiger partial charge on any atom is 0.168 e. The molecular formula is C17H17BrO3. The Hall–Kier alpha value is -1.81. The third kappa shape index (κ3) is 4.08. The lowest BCUT2D eigenvalue weighted by atomic mass is 10.0. The summed E-state index contributed by atoms with van der Waals surface area (Å²) >= 11 is 3.43. The molecule has 0 aliphatic rings. The summed E-state index contributed by atoms with van der Waals surface area (Å²) in [6.07, 6.45) is 0.337. The topological polar surface area (TPSA) is 35.5 Å². The SMILES string of the molecule is CCOc1ccc(C(=O)Cc2cccc(OC)c2)c(Br)c1. The van der Waals surface area contributed by atoms with Crippen LogP contribution in [0.2, 0.25) is 0 Å². The highest BCUT2D eigenvalue weighted by molar-refractivity contribution is 9.10. The number of rotatable bonds is 6. The summed E-state index contributed by atoms with van der Waals surface area (Å²) in [5, 5.41) is 0. The number of hydrogen-bond acceptors (Lipinski definition) is 3. The monoisotopic (exact) mass is 348 g/mol. The van der Waals surface area contributed by atoms with E-state index in [-0.39, 0.29) is 5.78 Å². The van der Waals surface area contributed by atoms with E-state index in [2.05, 4.69) is 15.9 Å². The molecule has 0 saturated heterocycles. The molecule has 0 amide bonds. The van der Waals surface area contributed by atoms with Crippen molar-refractivity contribution in [3.8, 4) is 11.5 Å². The minimum atomic E-state index is 0.0539. The van der Waals surface area contributed by atoms with Crippen molar-refractivity contribution in [2.45, 2.75) is 13.3 Å². The van der Waals surface area contributed by atoms with Crippen molar-refractivity contribution in [2.24, 2.45) is 0 Å². The second kappa shape index (κ2) is 7.27. The molecule has 0 spiro atoms. The first-order valence-corrected chi connectivity index (χ1v) is 7.51. The van der Waals surface area contributed by atoms with Gasteiger partial charge in [0, 0.05) is 16.5 Å². The van der Waals surface area contributed by atoms with E-state index in [0.29, 0.717) is 18.6 Å². The predicted octanol–water partition coefficient (Wildman–Crippen LogP) is 4.28. The van der Waals surface area contributed by atoms with E-state index in [9.17, 15) is 4.79 Å². The van der Waals surface area contributed by atoms with Gasteiger partial charge in [-0.25, -0.2) is 0 Å². The lowest BCUT2D eigenvalue weighted by Gasteiger charge is -2.08. The Morgan fingerprint density at radius 3 is 2.62 bits per heavy atom. The molecule has 0 fully saturated rings. The Labute approximate surface area is 133 Å². The quantitative estimate of drug-likeness (QED) is 0.730. The molecule has 0 bridgehead atoms. The molecule has 0 saturated carbocycles. The summed E-state index contributed by atoms with van der Waals surface area (Å²) in [4.78, 5) is 12.4. The van der Waals surface area contributed by atoms with Crippen LogP contribution >= 0.6 is 15.9 Å². The lowest BCUT2D eigenvalue weighted by Crippen LogP contribution is -2.05. The average molecular weight is 349 g/mol. The highest BCUT2D eigenvalue weighted by atomic mass is 79.9. The molecule has 3 nitrogen and oxygen atoms in total. The third-order valence-electron chi connectivity index (χ3n) is 3.05. The highest BCUT2D eigenvalue weighted by Crippen LogP contribution is 2.25. The van der Waals surface area contributed by atoms with E-state index in [4.69, 9.17) is 9.47 Å². The van der Waals surface area contributed by atoms with Gasteiger partial charge in [0.25, 0.3) is 0 Å². The van der Waals surface area contributed by atoms with Gasteiger partial charge in [0.1, 0.15) is 11.5 Å². The number of benzene rings is 2. The van der Waals surface area contributed by atoms with Gasteiger partial charge in [-0.3, -0.25) is 4.79 Å². The van der Waals surface area contributed by atoms with Crippen LogP contribution in [0.5, 0.6) is 11.5 Å².